The lowest BCUT2D eigenvalue weighted by Crippen LogP contribution is -2.67. The van der Waals surface area contributed by atoms with Gasteiger partial charge in [-0.05, 0) is 172 Å². The third kappa shape index (κ3) is 4.29. The summed E-state index contributed by atoms with van der Waals surface area (Å²) < 4.78 is 0. The molecule has 4 heteroatoms. The van der Waals surface area contributed by atoms with Crippen molar-refractivity contribution in [2.24, 2.45) is 63.6 Å². The second kappa shape index (κ2) is 10.5. The quantitative estimate of drug-likeness (QED) is 0.336. The molecule has 0 aromatic heterocycles. The van der Waals surface area contributed by atoms with E-state index in [1.807, 2.05) is 0 Å². The Morgan fingerprint density at radius 1 is 0.822 bits per heavy atom. The number of benzene rings is 1. The second-order valence-electron chi connectivity index (χ2n) is 18.9. The van der Waals surface area contributed by atoms with Crippen LogP contribution in [0.2, 0.25) is 0 Å². The van der Waals surface area contributed by atoms with Crippen molar-refractivity contribution in [3.8, 4) is 0 Å². The van der Waals surface area contributed by atoms with Crippen molar-refractivity contribution in [2.75, 3.05) is 13.1 Å². The fourth-order valence-electron chi connectivity index (χ4n) is 15.7. The number of nitrogens with zero attached hydrogens (tertiary/aromatic N) is 1. The number of piperidine rings is 2. The van der Waals surface area contributed by atoms with Crippen molar-refractivity contribution in [1.82, 2.24) is 4.90 Å². The molecule has 6 saturated carbocycles. The van der Waals surface area contributed by atoms with Crippen molar-refractivity contribution in [3.63, 3.8) is 0 Å². The maximum absolute atomic E-state index is 12.2. The average molecular weight is 616 g/mol. The van der Waals surface area contributed by atoms with E-state index in [4.69, 9.17) is 0 Å². The Balaban J connectivity index is 1.01. The predicted octanol–water partition coefficient (Wildman–Crippen LogP) is 7.24. The molecule has 0 radical (unpaired) electrons. The van der Waals surface area contributed by atoms with Gasteiger partial charge in [0.15, 0.2) is 0 Å². The summed E-state index contributed by atoms with van der Waals surface area (Å²) in [7, 11) is 0. The van der Waals surface area contributed by atoms with Crippen LogP contribution < -0.4 is 0 Å². The molecular formula is C41H61NO3. The topological polar surface area (TPSA) is 63.9 Å². The van der Waals surface area contributed by atoms with Gasteiger partial charge in [0, 0.05) is 19.1 Å². The molecule has 45 heavy (non-hydrogen) atoms. The summed E-state index contributed by atoms with van der Waals surface area (Å²) >= 11 is 0. The third-order valence-electron chi connectivity index (χ3n) is 17.2. The minimum Gasteiger partial charge on any atom is -0.393 e. The molecule has 8 fully saturated rings. The number of aliphatic hydroxyl groups excluding tert-OH is 2. The summed E-state index contributed by atoms with van der Waals surface area (Å²) in [5.41, 5.74) is 1.42. The van der Waals surface area contributed by atoms with E-state index in [9.17, 15) is 15.3 Å². The van der Waals surface area contributed by atoms with Gasteiger partial charge in [-0.2, -0.15) is 0 Å². The van der Waals surface area contributed by atoms with E-state index < -0.39 is 5.60 Å². The first kappa shape index (κ1) is 30.1. The first-order valence-corrected chi connectivity index (χ1v) is 19.5. The maximum Gasteiger partial charge on any atom is 0.0805 e. The van der Waals surface area contributed by atoms with E-state index in [0.29, 0.717) is 35.6 Å². The Morgan fingerprint density at radius 3 is 2.47 bits per heavy atom. The molecule has 3 N–H and O–H groups in total. The van der Waals surface area contributed by atoms with Crippen molar-refractivity contribution < 1.29 is 15.3 Å². The van der Waals surface area contributed by atoms with Gasteiger partial charge in [-0.3, -0.25) is 4.90 Å². The Morgan fingerprint density at radius 2 is 1.62 bits per heavy atom. The van der Waals surface area contributed by atoms with E-state index in [2.05, 4.69) is 49.1 Å². The van der Waals surface area contributed by atoms with E-state index in [-0.39, 0.29) is 34.4 Å². The summed E-state index contributed by atoms with van der Waals surface area (Å²) in [5.74, 6) is 4.88. The van der Waals surface area contributed by atoms with Crippen LogP contribution in [-0.2, 0) is 6.42 Å². The van der Waals surface area contributed by atoms with Gasteiger partial charge < -0.3 is 15.3 Å². The van der Waals surface area contributed by atoms with Crippen molar-refractivity contribution in [3.05, 3.63) is 35.9 Å². The van der Waals surface area contributed by atoms with E-state index in [0.717, 1.165) is 44.1 Å². The van der Waals surface area contributed by atoms with Gasteiger partial charge >= 0.3 is 0 Å². The Hall–Kier alpha value is -0.940. The van der Waals surface area contributed by atoms with Crippen LogP contribution in [0.4, 0.5) is 0 Å². The molecule has 2 heterocycles. The van der Waals surface area contributed by atoms with Gasteiger partial charge in [0.2, 0.25) is 0 Å². The number of hydrogen-bond acceptors (Lipinski definition) is 4. The lowest BCUT2D eigenvalue weighted by Gasteiger charge is -2.68. The van der Waals surface area contributed by atoms with Crippen molar-refractivity contribution in [2.45, 2.75) is 140 Å². The molecule has 0 amide bonds. The van der Waals surface area contributed by atoms with Gasteiger partial charge in [-0.25, -0.2) is 0 Å². The number of rotatable bonds is 3. The fourth-order valence-corrected chi connectivity index (χ4v) is 15.7. The zero-order valence-electron chi connectivity index (χ0n) is 28.3. The zero-order chi connectivity index (χ0) is 30.8. The Kier molecular flexibility index (Phi) is 7.05. The first-order chi connectivity index (χ1) is 21.7. The molecule has 1 aromatic carbocycles. The van der Waals surface area contributed by atoms with E-state index in [1.54, 1.807) is 0 Å². The Bertz CT molecular complexity index is 1270. The summed E-state index contributed by atoms with van der Waals surface area (Å²) in [6.07, 6.45) is 18.7. The monoisotopic (exact) mass is 615 g/mol. The largest absolute Gasteiger partial charge is 0.393 e. The summed E-state index contributed by atoms with van der Waals surface area (Å²) in [6, 6.07) is 11.3. The van der Waals surface area contributed by atoms with E-state index >= 15 is 0 Å². The Labute approximate surface area is 272 Å². The molecule has 2 aliphatic heterocycles. The number of aryl methyl sites for hydroxylation is 1. The normalized spacial score (nSPS) is 55.4. The molecular weight excluding hydrogens is 554 g/mol. The van der Waals surface area contributed by atoms with Crippen LogP contribution in [0.3, 0.4) is 0 Å². The fraction of sp³-hybridized carbons (Fsp3) is 0.854. The summed E-state index contributed by atoms with van der Waals surface area (Å²) in [4.78, 5) is 2.74. The highest BCUT2D eigenvalue weighted by atomic mass is 16.3. The molecule has 8 aliphatic rings. The molecule has 2 saturated heterocycles. The maximum atomic E-state index is 12.2. The highest BCUT2D eigenvalue weighted by Crippen LogP contribution is 2.78. The SMILES string of the molecule is CC1CCC2N(C1)CC1C3CC4C56CCCC4(CC(O)C5CC(O)C4(CCC(CCc5ccccc5)C4)C6)C3CCC1C2(C)O. The van der Waals surface area contributed by atoms with Crippen LogP contribution in [0, 0.1) is 63.6 Å². The third-order valence-corrected chi connectivity index (χ3v) is 17.2. The molecule has 15 unspecified atom stereocenters. The van der Waals surface area contributed by atoms with Gasteiger partial charge in [-0.1, -0.05) is 43.7 Å². The molecule has 4 nitrogen and oxygen atoms in total. The minimum absolute atomic E-state index is 0.0555. The van der Waals surface area contributed by atoms with Crippen LogP contribution in [0.15, 0.2) is 30.3 Å². The van der Waals surface area contributed by atoms with Gasteiger partial charge in [0.25, 0.3) is 0 Å². The zero-order valence-corrected chi connectivity index (χ0v) is 28.3. The molecule has 2 bridgehead atoms. The van der Waals surface area contributed by atoms with Crippen molar-refractivity contribution in [1.29, 1.82) is 0 Å². The average Bonchev–Trinajstić information content (AvgIpc) is 3.58. The molecule has 6 aliphatic carbocycles. The molecule has 2 spiro atoms. The molecule has 1 aromatic rings. The minimum atomic E-state index is -0.577. The van der Waals surface area contributed by atoms with Crippen LogP contribution in [0.25, 0.3) is 0 Å². The van der Waals surface area contributed by atoms with Crippen LogP contribution in [0.5, 0.6) is 0 Å². The van der Waals surface area contributed by atoms with Gasteiger partial charge in [-0.15, -0.1) is 0 Å². The summed E-state index contributed by atoms with van der Waals surface area (Å²) in [6.45, 7) is 6.99. The van der Waals surface area contributed by atoms with Gasteiger partial charge in [0.1, 0.15) is 0 Å². The smallest absolute Gasteiger partial charge is 0.0805 e. The second-order valence-corrected chi connectivity index (χ2v) is 18.9. The van der Waals surface area contributed by atoms with E-state index in [1.165, 1.54) is 89.2 Å². The number of aliphatic hydroxyl groups is 3. The first-order valence-electron chi connectivity index (χ1n) is 19.5. The highest BCUT2D eigenvalue weighted by Gasteiger charge is 2.73. The van der Waals surface area contributed by atoms with Gasteiger partial charge in [0.05, 0.1) is 17.8 Å². The highest BCUT2D eigenvalue weighted by molar-refractivity contribution is 5.23. The number of fused-ring (bicyclic) bond motifs is 4. The lowest BCUT2D eigenvalue weighted by atomic mass is 9.38. The standard InChI is InChI=1S/C41H61NO3/c1-26-9-14-36-38(2,45)31-12-13-32-29(30(31)24-42(36)23-26)19-35-40(32)16-6-17-41(35)25-39(37(44)20-33(41)34(43)22-40)18-15-28(21-39)11-10-27-7-4-3-5-8-27/h3-5,7-8,26,28-37,43-45H,6,9-25H2,1-2H3. The predicted molar refractivity (Wildman–Crippen MR) is 178 cm³/mol. The van der Waals surface area contributed by atoms with Crippen molar-refractivity contribution >= 4 is 0 Å². The molecule has 15 atom stereocenters. The molecule has 9 rings (SSSR count). The van der Waals surface area contributed by atoms with Crippen LogP contribution in [-0.4, -0.2) is 57.2 Å². The number of hydrogen-bond donors (Lipinski definition) is 3. The van der Waals surface area contributed by atoms with Crippen LogP contribution in [0.1, 0.15) is 116 Å². The summed E-state index contributed by atoms with van der Waals surface area (Å²) in [5, 5.41) is 36.3. The van der Waals surface area contributed by atoms with Crippen LogP contribution >= 0.6 is 0 Å². The lowest BCUT2D eigenvalue weighted by molar-refractivity contribution is -0.231. The molecule has 248 valence electrons.